The number of aromatic nitrogens is 4. The van der Waals surface area contributed by atoms with Gasteiger partial charge in [0.2, 0.25) is 0 Å². The number of hydrogen-bond donors (Lipinski definition) is 1. The first-order valence-corrected chi connectivity index (χ1v) is 8.64. The molecule has 1 N–H and O–H groups in total. The molecule has 1 aliphatic heterocycles. The quantitative estimate of drug-likeness (QED) is 0.861. The molecular formula is C13H19N5O3S. The molecule has 0 amide bonds. The fraction of sp³-hybridized carbons (Fsp3) is 0.538. The second kappa shape index (κ2) is 5.82. The van der Waals surface area contributed by atoms with Crippen molar-refractivity contribution in [3.05, 3.63) is 30.5 Å². The highest BCUT2D eigenvalue weighted by atomic mass is 32.2. The molecule has 2 atom stereocenters. The van der Waals surface area contributed by atoms with Gasteiger partial charge in [0, 0.05) is 32.6 Å². The Kier molecular flexibility index (Phi) is 4.02. The third kappa shape index (κ3) is 2.67. The van der Waals surface area contributed by atoms with E-state index in [4.69, 9.17) is 4.74 Å². The Hall–Kier alpha value is -1.71. The molecule has 2 aromatic rings. The summed E-state index contributed by atoms with van der Waals surface area (Å²) in [4.78, 5) is 4.26. The summed E-state index contributed by atoms with van der Waals surface area (Å²) in [5.41, 5.74) is 0. The smallest absolute Gasteiger partial charge is 0.258 e. The van der Waals surface area contributed by atoms with E-state index < -0.39 is 10.0 Å². The molecule has 2 aromatic heterocycles. The number of aryl methyl sites for hydroxylation is 2. The zero-order valence-electron chi connectivity index (χ0n) is 12.5. The van der Waals surface area contributed by atoms with Gasteiger partial charge in [0.05, 0.1) is 12.2 Å². The van der Waals surface area contributed by atoms with Gasteiger partial charge in [0.15, 0.2) is 5.03 Å². The summed E-state index contributed by atoms with van der Waals surface area (Å²) in [6.07, 6.45) is 5.20. The van der Waals surface area contributed by atoms with E-state index in [0.717, 1.165) is 0 Å². The minimum absolute atomic E-state index is 0.167. The molecule has 0 unspecified atom stereocenters. The van der Waals surface area contributed by atoms with Crippen molar-refractivity contribution in [1.82, 2.24) is 24.1 Å². The van der Waals surface area contributed by atoms with Gasteiger partial charge in [-0.1, -0.05) is 0 Å². The van der Waals surface area contributed by atoms with Gasteiger partial charge in [-0.3, -0.25) is 4.68 Å². The van der Waals surface area contributed by atoms with Crippen LogP contribution in [0.4, 0.5) is 0 Å². The zero-order chi connectivity index (χ0) is 15.7. The molecule has 1 saturated heterocycles. The van der Waals surface area contributed by atoms with Gasteiger partial charge < -0.3 is 9.30 Å². The van der Waals surface area contributed by atoms with Crippen LogP contribution in [0.15, 0.2) is 29.7 Å². The van der Waals surface area contributed by atoms with Crippen molar-refractivity contribution < 1.29 is 13.2 Å². The Balaban J connectivity index is 1.84. The molecule has 0 bridgehead atoms. The van der Waals surface area contributed by atoms with Crippen molar-refractivity contribution in [3.8, 4) is 0 Å². The maximum absolute atomic E-state index is 12.6. The topological polar surface area (TPSA) is 91.0 Å². The zero-order valence-corrected chi connectivity index (χ0v) is 13.3. The SMILES string of the molecule is CCn1nccc1S(=O)(=O)N[C@H]1CCO[C@@H]1c1nccn1C. The lowest BCUT2D eigenvalue weighted by molar-refractivity contribution is 0.0932. The molecular weight excluding hydrogens is 306 g/mol. The van der Waals surface area contributed by atoms with E-state index in [1.54, 1.807) is 6.20 Å². The number of sulfonamides is 1. The van der Waals surface area contributed by atoms with E-state index in [1.165, 1.54) is 16.9 Å². The summed E-state index contributed by atoms with van der Waals surface area (Å²) in [5, 5.41) is 4.18. The van der Waals surface area contributed by atoms with E-state index >= 15 is 0 Å². The predicted octanol–water partition coefficient (Wildman–Crippen LogP) is 0.445. The highest BCUT2D eigenvalue weighted by molar-refractivity contribution is 7.89. The lowest BCUT2D eigenvalue weighted by Gasteiger charge is -2.19. The molecule has 1 fully saturated rings. The van der Waals surface area contributed by atoms with Crippen LogP contribution < -0.4 is 4.72 Å². The fourth-order valence-electron chi connectivity index (χ4n) is 2.66. The maximum Gasteiger partial charge on any atom is 0.258 e. The molecule has 120 valence electrons. The van der Waals surface area contributed by atoms with Crippen LogP contribution in [-0.2, 0) is 28.4 Å². The van der Waals surface area contributed by atoms with Gasteiger partial charge in [-0.15, -0.1) is 0 Å². The van der Waals surface area contributed by atoms with Gasteiger partial charge in [-0.2, -0.15) is 5.10 Å². The summed E-state index contributed by atoms with van der Waals surface area (Å²) >= 11 is 0. The van der Waals surface area contributed by atoms with Gasteiger partial charge in [0.1, 0.15) is 11.9 Å². The number of nitrogens with zero attached hydrogens (tertiary/aromatic N) is 4. The molecule has 0 spiro atoms. The Labute approximate surface area is 129 Å². The summed E-state index contributed by atoms with van der Waals surface area (Å²) in [5.74, 6) is 0.717. The first-order valence-electron chi connectivity index (χ1n) is 7.16. The molecule has 0 saturated carbocycles. The highest BCUT2D eigenvalue weighted by Crippen LogP contribution is 2.29. The molecule has 0 aromatic carbocycles. The van der Waals surface area contributed by atoms with Gasteiger partial charge in [0.25, 0.3) is 10.0 Å². The number of rotatable bonds is 5. The first-order chi connectivity index (χ1) is 10.5. The minimum Gasteiger partial charge on any atom is -0.369 e. The standard InChI is InChI=1S/C13H19N5O3S/c1-3-18-11(4-6-15-18)22(19,20)16-10-5-9-21-12(10)13-14-7-8-17(13)2/h4,6-8,10,12,16H,3,5,9H2,1-2H3/t10-,12-/m0/s1. The number of ether oxygens (including phenoxy) is 1. The fourth-order valence-corrected chi connectivity index (χ4v) is 4.12. The van der Waals surface area contributed by atoms with Crippen LogP contribution in [-0.4, -0.2) is 40.4 Å². The van der Waals surface area contributed by atoms with Crippen molar-refractivity contribution >= 4 is 10.0 Å². The number of nitrogens with one attached hydrogen (secondary N) is 1. The molecule has 22 heavy (non-hydrogen) atoms. The molecule has 3 rings (SSSR count). The summed E-state index contributed by atoms with van der Waals surface area (Å²) in [7, 11) is -1.78. The van der Waals surface area contributed by atoms with Crippen LogP contribution in [0, 0.1) is 0 Å². The van der Waals surface area contributed by atoms with Crippen molar-refractivity contribution in [3.63, 3.8) is 0 Å². The molecule has 1 aliphatic rings. The van der Waals surface area contributed by atoms with E-state index in [-0.39, 0.29) is 17.2 Å². The van der Waals surface area contributed by atoms with Gasteiger partial charge >= 0.3 is 0 Å². The third-order valence-electron chi connectivity index (χ3n) is 3.76. The van der Waals surface area contributed by atoms with E-state index in [9.17, 15) is 8.42 Å². The van der Waals surface area contributed by atoms with E-state index in [0.29, 0.717) is 25.4 Å². The monoisotopic (exact) mass is 325 g/mol. The predicted molar refractivity (Wildman–Crippen MR) is 78.5 cm³/mol. The van der Waals surface area contributed by atoms with Crippen LogP contribution in [0.5, 0.6) is 0 Å². The Morgan fingerprint density at radius 2 is 2.27 bits per heavy atom. The van der Waals surface area contributed by atoms with Gasteiger partial charge in [-0.25, -0.2) is 18.1 Å². The van der Waals surface area contributed by atoms with Crippen LogP contribution in [0.3, 0.4) is 0 Å². The average Bonchev–Trinajstić information content (AvgIpc) is 3.18. The van der Waals surface area contributed by atoms with E-state index in [2.05, 4.69) is 14.8 Å². The molecule has 0 aliphatic carbocycles. The Morgan fingerprint density at radius 3 is 2.95 bits per heavy atom. The summed E-state index contributed by atoms with van der Waals surface area (Å²) in [6, 6.07) is 1.16. The van der Waals surface area contributed by atoms with E-state index in [1.807, 2.05) is 24.7 Å². The number of imidazole rings is 1. The number of hydrogen-bond acceptors (Lipinski definition) is 5. The van der Waals surface area contributed by atoms with Crippen molar-refractivity contribution in [1.29, 1.82) is 0 Å². The van der Waals surface area contributed by atoms with Crippen LogP contribution in [0.1, 0.15) is 25.3 Å². The summed E-state index contributed by atoms with van der Waals surface area (Å²) in [6.45, 7) is 2.84. The van der Waals surface area contributed by atoms with Crippen LogP contribution in [0.25, 0.3) is 0 Å². The molecule has 9 heteroatoms. The van der Waals surface area contributed by atoms with Crippen molar-refractivity contribution in [2.45, 2.75) is 37.1 Å². The maximum atomic E-state index is 12.6. The average molecular weight is 325 g/mol. The molecule has 0 radical (unpaired) electrons. The highest BCUT2D eigenvalue weighted by Gasteiger charge is 2.36. The lowest BCUT2D eigenvalue weighted by atomic mass is 10.1. The lowest BCUT2D eigenvalue weighted by Crippen LogP contribution is -2.38. The summed E-state index contributed by atoms with van der Waals surface area (Å²) < 4.78 is 36.9. The van der Waals surface area contributed by atoms with Crippen molar-refractivity contribution in [2.24, 2.45) is 7.05 Å². The molecule has 3 heterocycles. The Morgan fingerprint density at radius 1 is 1.45 bits per heavy atom. The van der Waals surface area contributed by atoms with Gasteiger partial charge in [-0.05, 0) is 19.4 Å². The second-order valence-electron chi connectivity index (χ2n) is 5.19. The van der Waals surface area contributed by atoms with Crippen molar-refractivity contribution in [2.75, 3.05) is 6.61 Å². The third-order valence-corrected chi connectivity index (χ3v) is 5.27. The van der Waals surface area contributed by atoms with Crippen LogP contribution in [0.2, 0.25) is 0 Å². The van der Waals surface area contributed by atoms with Crippen LogP contribution >= 0.6 is 0 Å². The second-order valence-corrected chi connectivity index (χ2v) is 6.85. The normalized spacial score (nSPS) is 22.3. The first kappa shape index (κ1) is 15.2. The molecule has 8 nitrogen and oxygen atoms in total. The minimum atomic E-state index is -3.65. The Bertz CT molecular complexity index is 751. The largest absolute Gasteiger partial charge is 0.369 e.